The third kappa shape index (κ3) is 5.71. The topological polar surface area (TPSA) is 78.9 Å². The summed E-state index contributed by atoms with van der Waals surface area (Å²) in [6, 6.07) is -1.59. The van der Waals surface area contributed by atoms with E-state index < -0.39 is 23.9 Å². The fourth-order valence-electron chi connectivity index (χ4n) is 0.374. The van der Waals surface area contributed by atoms with Crippen LogP contribution in [0.1, 0.15) is 13.8 Å². The number of carbonyl (C=O) groups is 3. The molecule has 0 N–H and O–H groups in total. The molecule has 0 spiro atoms. The van der Waals surface area contributed by atoms with Crippen molar-refractivity contribution in [2.24, 2.45) is 0 Å². The third-order valence-corrected chi connectivity index (χ3v) is 0.766. The van der Waals surface area contributed by atoms with Gasteiger partial charge in [-0.05, 0) is 0 Å². The van der Waals surface area contributed by atoms with Crippen molar-refractivity contribution in [1.82, 2.24) is 0 Å². The molecular weight excluding hydrogens is 179 g/mol. The van der Waals surface area contributed by atoms with Crippen LogP contribution in [0.4, 0.5) is 0 Å². The van der Waals surface area contributed by atoms with Crippen molar-refractivity contribution in [3.63, 3.8) is 0 Å². The Balaban J connectivity index is 3.82. The summed E-state index contributed by atoms with van der Waals surface area (Å²) in [6.45, 7) is 2.10. The summed E-state index contributed by atoms with van der Waals surface area (Å²) in [6.07, 6.45) is 0. The molecule has 0 fully saturated rings. The predicted molar refractivity (Wildman–Crippen MR) is 39.2 cm³/mol. The van der Waals surface area contributed by atoms with Gasteiger partial charge in [0.1, 0.15) is 7.85 Å². The third-order valence-electron chi connectivity index (χ3n) is 0.766. The molecule has 2 radical (unpaired) electrons. The molecule has 0 rings (SSSR count). The van der Waals surface area contributed by atoms with Crippen LogP contribution in [0.3, 0.4) is 0 Å². The first-order valence-electron chi connectivity index (χ1n) is 3.25. The van der Waals surface area contributed by atoms with Crippen LogP contribution >= 0.6 is 0 Å². The van der Waals surface area contributed by atoms with Crippen LogP contribution in [0, 0.1) is 0 Å². The van der Waals surface area contributed by atoms with Crippen molar-refractivity contribution in [2.45, 2.75) is 19.9 Å². The first-order valence-corrected chi connectivity index (χ1v) is 3.25. The summed E-state index contributed by atoms with van der Waals surface area (Å²) < 4.78 is 4.22. The van der Waals surface area contributed by atoms with E-state index in [4.69, 9.17) is 7.85 Å². The molecule has 7 heteroatoms. The van der Waals surface area contributed by atoms with E-state index in [-0.39, 0.29) is 0 Å². The maximum Gasteiger partial charge on any atom is 0.385 e. The minimum Gasteiger partial charge on any atom is -0.461 e. The first-order chi connectivity index (χ1) is 5.93. The van der Waals surface area contributed by atoms with E-state index in [0.29, 0.717) is 0 Å². The van der Waals surface area contributed by atoms with Gasteiger partial charge in [0.05, 0.1) is 0 Å². The van der Waals surface area contributed by atoms with Crippen LogP contribution in [-0.4, -0.2) is 31.8 Å². The number of esters is 1. The summed E-state index contributed by atoms with van der Waals surface area (Å²) in [4.78, 5) is 38.8. The normalized spacial score (nSPS) is 11.2. The Labute approximate surface area is 75.5 Å². The molecule has 13 heavy (non-hydrogen) atoms. The van der Waals surface area contributed by atoms with Crippen molar-refractivity contribution in [2.75, 3.05) is 0 Å². The summed E-state index contributed by atoms with van der Waals surface area (Å²) >= 11 is 0. The number of hydrogen-bond acceptors (Lipinski definition) is 6. The molecule has 70 valence electrons. The van der Waals surface area contributed by atoms with Crippen molar-refractivity contribution < 1.29 is 28.9 Å². The Bertz CT molecular complexity index is 225. The van der Waals surface area contributed by atoms with Gasteiger partial charge in [-0.3, -0.25) is 4.79 Å². The molecule has 0 aromatic carbocycles. The molecule has 0 heterocycles. The number of carbonyl (C=O) groups excluding carboxylic acids is 3. The molecule has 0 aromatic heterocycles. The van der Waals surface area contributed by atoms with Gasteiger partial charge in [-0.25, -0.2) is 19.4 Å². The lowest BCUT2D eigenvalue weighted by Crippen LogP contribution is -2.29. The Morgan fingerprint density at radius 3 is 2.00 bits per heavy atom. The van der Waals surface area contributed by atoms with Crippen LogP contribution in [0.5, 0.6) is 0 Å². The molecule has 0 saturated carbocycles. The van der Waals surface area contributed by atoms with Crippen molar-refractivity contribution in [3.8, 4) is 0 Å². The highest BCUT2D eigenvalue weighted by atomic mass is 17.2. The van der Waals surface area contributed by atoms with Gasteiger partial charge in [-0.15, -0.1) is 0 Å². The summed E-state index contributed by atoms with van der Waals surface area (Å²) in [5, 5.41) is 0. The molecule has 1 unspecified atom stereocenters. The Morgan fingerprint density at radius 2 is 1.62 bits per heavy atom. The molecule has 0 amide bonds. The maximum absolute atomic E-state index is 10.7. The molecular formula is C6H7BO6. The van der Waals surface area contributed by atoms with E-state index in [9.17, 15) is 14.4 Å². The quantitative estimate of drug-likeness (QED) is 0.240. The minimum atomic E-state index is -1.59. The van der Waals surface area contributed by atoms with Crippen LogP contribution in [0.15, 0.2) is 0 Å². The molecule has 0 aliphatic rings. The molecule has 0 aliphatic heterocycles. The maximum atomic E-state index is 10.7. The van der Waals surface area contributed by atoms with E-state index in [0.717, 1.165) is 13.8 Å². The van der Waals surface area contributed by atoms with Crippen LogP contribution in [0.2, 0.25) is 0 Å². The van der Waals surface area contributed by atoms with Gasteiger partial charge >= 0.3 is 17.9 Å². The molecule has 0 aliphatic carbocycles. The summed E-state index contributed by atoms with van der Waals surface area (Å²) in [5.41, 5.74) is 0. The molecule has 0 bridgehead atoms. The number of ether oxygens (including phenoxy) is 1. The predicted octanol–water partition coefficient (Wildman–Crippen LogP) is -0.935. The standard InChI is InChI=1S/C6H7BO6/c1-3(8)11-5(7)6(10)13-12-4(2)9/h5H,1-2H3. The zero-order valence-corrected chi connectivity index (χ0v) is 7.10. The van der Waals surface area contributed by atoms with Gasteiger partial charge in [-0.1, -0.05) is 0 Å². The first kappa shape index (κ1) is 11.5. The zero-order chi connectivity index (χ0) is 10.4. The number of hydrogen-bond donors (Lipinski definition) is 0. The average molecular weight is 186 g/mol. The van der Waals surface area contributed by atoms with E-state index in [2.05, 4.69) is 14.5 Å². The molecule has 0 aromatic rings. The summed E-state index contributed by atoms with van der Waals surface area (Å²) in [7, 11) is 5.00. The van der Waals surface area contributed by atoms with Gasteiger partial charge in [0.2, 0.25) is 0 Å². The Kier molecular flexibility index (Phi) is 4.57. The Morgan fingerprint density at radius 1 is 1.08 bits per heavy atom. The van der Waals surface area contributed by atoms with Gasteiger partial charge in [0.15, 0.2) is 6.00 Å². The second kappa shape index (κ2) is 5.18. The van der Waals surface area contributed by atoms with E-state index in [1.54, 1.807) is 0 Å². The smallest absolute Gasteiger partial charge is 0.385 e. The molecule has 6 nitrogen and oxygen atoms in total. The van der Waals surface area contributed by atoms with Gasteiger partial charge in [0.25, 0.3) is 0 Å². The monoisotopic (exact) mass is 186 g/mol. The lowest BCUT2D eigenvalue weighted by Gasteiger charge is -2.08. The van der Waals surface area contributed by atoms with Gasteiger partial charge in [0, 0.05) is 13.8 Å². The van der Waals surface area contributed by atoms with E-state index in [1.165, 1.54) is 0 Å². The average Bonchev–Trinajstić information content (AvgIpc) is 1.98. The fourth-order valence-corrected chi connectivity index (χ4v) is 0.374. The molecule has 0 saturated heterocycles. The van der Waals surface area contributed by atoms with Crippen molar-refractivity contribution in [3.05, 3.63) is 0 Å². The van der Waals surface area contributed by atoms with Gasteiger partial charge in [-0.2, -0.15) is 0 Å². The van der Waals surface area contributed by atoms with Crippen molar-refractivity contribution >= 4 is 25.8 Å². The Hall–Kier alpha value is -1.53. The van der Waals surface area contributed by atoms with Crippen LogP contribution < -0.4 is 0 Å². The van der Waals surface area contributed by atoms with Gasteiger partial charge < -0.3 is 4.74 Å². The fraction of sp³-hybridized carbons (Fsp3) is 0.500. The number of rotatable bonds is 2. The zero-order valence-electron chi connectivity index (χ0n) is 7.10. The van der Waals surface area contributed by atoms with Crippen molar-refractivity contribution in [1.29, 1.82) is 0 Å². The van der Waals surface area contributed by atoms with E-state index >= 15 is 0 Å². The lowest BCUT2D eigenvalue weighted by molar-refractivity contribution is -0.260. The minimum absolute atomic E-state index is 0.743. The SMILES string of the molecule is [B]C(OC(C)=O)C(=O)OOC(C)=O. The lowest BCUT2D eigenvalue weighted by atomic mass is 10.0. The summed E-state index contributed by atoms with van der Waals surface area (Å²) in [5.74, 6) is -2.72. The van der Waals surface area contributed by atoms with Crippen LogP contribution in [-0.2, 0) is 28.9 Å². The largest absolute Gasteiger partial charge is 0.461 e. The van der Waals surface area contributed by atoms with E-state index in [1.807, 2.05) is 0 Å². The highest BCUT2D eigenvalue weighted by Gasteiger charge is 2.18. The highest BCUT2D eigenvalue weighted by Crippen LogP contribution is 1.92. The molecule has 1 atom stereocenters. The second-order valence-electron chi connectivity index (χ2n) is 2.01. The van der Waals surface area contributed by atoms with Crippen LogP contribution in [0.25, 0.3) is 0 Å². The second-order valence-corrected chi connectivity index (χ2v) is 2.01. The highest BCUT2D eigenvalue weighted by molar-refractivity contribution is 6.22.